The Labute approximate surface area is 445 Å². The minimum atomic E-state index is -0.585. The number of allylic oxidation sites excluding steroid dienone is 22. The van der Waals surface area contributed by atoms with Gasteiger partial charge in [0.2, 0.25) is 0 Å². The molecule has 0 spiro atoms. The zero-order valence-electron chi connectivity index (χ0n) is 46.9. The number of hydrogen-bond acceptors (Lipinski definition) is 5. The molecule has 0 aromatic rings. The number of esters is 2. The molecule has 408 valence electrons. The van der Waals surface area contributed by atoms with E-state index in [1.165, 1.54) is 89.9 Å². The molecule has 0 radical (unpaired) electrons. The highest BCUT2D eigenvalue weighted by atomic mass is 16.6. The molecule has 0 aromatic carbocycles. The second-order valence-electron chi connectivity index (χ2n) is 19.1. The van der Waals surface area contributed by atoms with Gasteiger partial charge in [-0.15, -0.1) is 0 Å². The molecule has 5 heteroatoms. The molecule has 0 N–H and O–H groups in total. The van der Waals surface area contributed by atoms with E-state index in [1.54, 1.807) is 0 Å². The number of ether oxygens (including phenoxy) is 3. The van der Waals surface area contributed by atoms with Crippen LogP contribution in [0.25, 0.3) is 0 Å². The summed E-state index contributed by atoms with van der Waals surface area (Å²) >= 11 is 0. The van der Waals surface area contributed by atoms with Gasteiger partial charge in [0.05, 0.1) is 6.61 Å². The number of carbonyl (C=O) groups excluding carboxylic acids is 2. The maximum atomic E-state index is 12.9. The fourth-order valence-corrected chi connectivity index (χ4v) is 7.79. The zero-order chi connectivity index (χ0) is 52.0. The third kappa shape index (κ3) is 58.6. The molecule has 0 bridgehead atoms. The predicted octanol–water partition coefficient (Wildman–Crippen LogP) is 20.7. The summed E-state index contributed by atoms with van der Waals surface area (Å²) in [6, 6.07) is 0. The highest BCUT2D eigenvalue weighted by Gasteiger charge is 2.17. The Bertz CT molecular complexity index is 1500. The molecule has 72 heavy (non-hydrogen) atoms. The Kier molecular flexibility index (Phi) is 58.0. The molecule has 0 aliphatic carbocycles. The minimum Gasteiger partial charge on any atom is -0.462 e. The van der Waals surface area contributed by atoms with Gasteiger partial charge in [-0.3, -0.25) is 9.59 Å². The van der Waals surface area contributed by atoms with Crippen molar-refractivity contribution < 1.29 is 23.8 Å². The molecule has 0 fully saturated rings. The molecular weight excluding hydrogens is 885 g/mol. The normalized spacial score (nSPS) is 13.2. The first-order chi connectivity index (χ1) is 35.6. The Morgan fingerprint density at radius 3 is 1.03 bits per heavy atom. The van der Waals surface area contributed by atoms with E-state index in [0.717, 1.165) is 128 Å². The standard InChI is InChI=1S/C67H110O5/c1-4-7-10-13-16-19-22-25-28-31-34-36-39-42-45-48-51-54-57-60-66(68)71-64-65(63-70-62-59-56-53-50-47-44-41-38-33-30-27-24-21-18-15-12-9-6-3)72-67(69)61-58-55-52-49-46-43-40-37-35-32-29-26-23-20-17-14-11-8-5-2/h7,9-10,12,16,18-19,21,25-30,34,36,38,41-42,45,47,50,65H,4-6,8,11,13-15,17,20,22-24,31-33,35,37,39-40,43-44,46,48-49,51-64H2,1-3H3/b10-7-,12-9-,19-16-,21-18-,28-25-,29-26-,30-27-,36-34-,41-38-,45-42-,50-47-. The summed E-state index contributed by atoms with van der Waals surface area (Å²) in [5, 5.41) is 0. The molecule has 0 aromatic heterocycles. The first-order valence-electron chi connectivity index (χ1n) is 29.7. The number of carbonyl (C=O) groups is 2. The number of hydrogen-bond donors (Lipinski definition) is 0. The summed E-state index contributed by atoms with van der Waals surface area (Å²) < 4.78 is 17.4. The average molecular weight is 996 g/mol. The molecule has 5 nitrogen and oxygen atoms in total. The van der Waals surface area contributed by atoms with Gasteiger partial charge in [-0.1, -0.05) is 238 Å². The monoisotopic (exact) mass is 995 g/mol. The van der Waals surface area contributed by atoms with Crippen molar-refractivity contribution in [3.05, 3.63) is 134 Å². The predicted molar refractivity (Wildman–Crippen MR) is 315 cm³/mol. The van der Waals surface area contributed by atoms with Crippen molar-refractivity contribution >= 4 is 11.9 Å². The SMILES string of the molecule is CC/C=C\C/C=C\C/C=C\C/C=C\C/C=C\CCCCCC(=O)OCC(COCCCC/C=C\C/C=C\C/C=C\C/C=C\C/C=C\CC)OC(=O)CCCCCCCCCCC/C=C\CCCCCCCC. The quantitative estimate of drug-likeness (QED) is 0.0345. The molecule has 0 saturated carbocycles. The lowest BCUT2D eigenvalue weighted by atomic mass is 10.1. The van der Waals surface area contributed by atoms with Crippen LogP contribution in [0, 0.1) is 0 Å². The third-order valence-electron chi connectivity index (χ3n) is 12.2. The van der Waals surface area contributed by atoms with Crippen LogP contribution < -0.4 is 0 Å². The van der Waals surface area contributed by atoms with Crippen molar-refractivity contribution in [3.63, 3.8) is 0 Å². The van der Waals surface area contributed by atoms with Gasteiger partial charge in [-0.25, -0.2) is 0 Å². The van der Waals surface area contributed by atoms with Gasteiger partial charge in [-0.2, -0.15) is 0 Å². The minimum absolute atomic E-state index is 0.0418. The van der Waals surface area contributed by atoms with Gasteiger partial charge < -0.3 is 14.2 Å². The van der Waals surface area contributed by atoms with E-state index in [2.05, 4.69) is 154 Å². The number of unbranched alkanes of at least 4 members (excludes halogenated alkanes) is 20. The summed E-state index contributed by atoms with van der Waals surface area (Å²) in [5.41, 5.74) is 0. The Balaban J connectivity index is 4.44. The van der Waals surface area contributed by atoms with Crippen LogP contribution in [-0.2, 0) is 23.8 Å². The Morgan fingerprint density at radius 1 is 0.319 bits per heavy atom. The molecular formula is C67H110O5. The maximum absolute atomic E-state index is 12.9. The molecule has 0 rings (SSSR count). The van der Waals surface area contributed by atoms with E-state index in [4.69, 9.17) is 14.2 Å². The number of rotatable bonds is 53. The van der Waals surface area contributed by atoms with Crippen LogP contribution in [0.1, 0.15) is 252 Å². The lowest BCUT2D eigenvalue weighted by Gasteiger charge is -2.18. The Morgan fingerprint density at radius 2 is 0.625 bits per heavy atom. The summed E-state index contributed by atoms with van der Waals surface area (Å²) in [7, 11) is 0. The van der Waals surface area contributed by atoms with E-state index >= 15 is 0 Å². The van der Waals surface area contributed by atoms with Crippen LogP contribution in [0.4, 0.5) is 0 Å². The second kappa shape index (κ2) is 61.3. The zero-order valence-corrected chi connectivity index (χ0v) is 46.9. The van der Waals surface area contributed by atoms with Gasteiger partial charge in [0, 0.05) is 19.4 Å². The van der Waals surface area contributed by atoms with Gasteiger partial charge in [-0.05, 0) is 135 Å². The van der Waals surface area contributed by atoms with Crippen molar-refractivity contribution in [2.75, 3.05) is 19.8 Å². The van der Waals surface area contributed by atoms with Crippen molar-refractivity contribution in [1.29, 1.82) is 0 Å². The maximum Gasteiger partial charge on any atom is 0.306 e. The van der Waals surface area contributed by atoms with Crippen molar-refractivity contribution in [1.82, 2.24) is 0 Å². The first kappa shape index (κ1) is 68.0. The van der Waals surface area contributed by atoms with E-state index in [0.29, 0.717) is 19.4 Å². The highest BCUT2D eigenvalue weighted by Crippen LogP contribution is 2.14. The molecule has 0 heterocycles. The van der Waals surface area contributed by atoms with Crippen LogP contribution in [0.2, 0.25) is 0 Å². The van der Waals surface area contributed by atoms with E-state index in [1.807, 2.05) is 0 Å². The summed E-state index contributed by atoms with van der Waals surface area (Å²) in [5.74, 6) is -0.465. The summed E-state index contributed by atoms with van der Waals surface area (Å²) in [6.07, 6.45) is 87.7. The van der Waals surface area contributed by atoms with Crippen LogP contribution >= 0.6 is 0 Å². The third-order valence-corrected chi connectivity index (χ3v) is 12.2. The van der Waals surface area contributed by atoms with E-state index < -0.39 is 6.10 Å². The molecule has 0 saturated heterocycles. The Hall–Kier alpha value is -3.96. The van der Waals surface area contributed by atoms with Crippen LogP contribution in [0.15, 0.2) is 134 Å². The van der Waals surface area contributed by atoms with Crippen LogP contribution in [-0.4, -0.2) is 37.9 Å². The van der Waals surface area contributed by atoms with Crippen molar-refractivity contribution in [3.8, 4) is 0 Å². The lowest BCUT2D eigenvalue weighted by Crippen LogP contribution is -2.30. The molecule has 1 unspecified atom stereocenters. The fourth-order valence-electron chi connectivity index (χ4n) is 7.79. The van der Waals surface area contributed by atoms with Gasteiger partial charge >= 0.3 is 11.9 Å². The van der Waals surface area contributed by atoms with Crippen molar-refractivity contribution in [2.45, 2.75) is 258 Å². The lowest BCUT2D eigenvalue weighted by molar-refractivity contribution is -0.163. The second-order valence-corrected chi connectivity index (χ2v) is 19.1. The molecule has 0 aliphatic rings. The van der Waals surface area contributed by atoms with Crippen LogP contribution in [0.3, 0.4) is 0 Å². The van der Waals surface area contributed by atoms with Gasteiger partial charge in [0.15, 0.2) is 6.10 Å². The smallest absolute Gasteiger partial charge is 0.306 e. The molecule has 0 amide bonds. The topological polar surface area (TPSA) is 61.8 Å². The first-order valence-corrected chi connectivity index (χ1v) is 29.7. The van der Waals surface area contributed by atoms with Gasteiger partial charge in [0.25, 0.3) is 0 Å². The van der Waals surface area contributed by atoms with Crippen molar-refractivity contribution in [2.24, 2.45) is 0 Å². The van der Waals surface area contributed by atoms with Gasteiger partial charge in [0.1, 0.15) is 6.61 Å². The summed E-state index contributed by atoms with van der Waals surface area (Å²) in [4.78, 5) is 25.6. The average Bonchev–Trinajstić information content (AvgIpc) is 3.38. The molecule has 0 aliphatic heterocycles. The largest absolute Gasteiger partial charge is 0.462 e. The van der Waals surface area contributed by atoms with Crippen LogP contribution in [0.5, 0.6) is 0 Å². The highest BCUT2D eigenvalue weighted by molar-refractivity contribution is 5.70. The molecule has 1 atom stereocenters. The van der Waals surface area contributed by atoms with E-state index in [-0.39, 0.29) is 25.2 Å². The van der Waals surface area contributed by atoms with E-state index in [9.17, 15) is 9.59 Å². The fraction of sp³-hybridized carbons (Fsp3) is 0.642. The summed E-state index contributed by atoms with van der Waals surface area (Å²) in [6.45, 7) is 7.46.